The van der Waals surface area contributed by atoms with Crippen molar-refractivity contribution in [3.05, 3.63) is 64.2 Å². The van der Waals surface area contributed by atoms with Crippen molar-refractivity contribution >= 4 is 6.08 Å². The van der Waals surface area contributed by atoms with Crippen LogP contribution in [0.4, 0.5) is 0 Å². The van der Waals surface area contributed by atoms with Gasteiger partial charge in [-0.15, -0.1) is 0 Å². The van der Waals surface area contributed by atoms with Crippen LogP contribution in [0.3, 0.4) is 0 Å². The predicted molar refractivity (Wildman–Crippen MR) is 81.4 cm³/mol. The number of hydrogen-bond donors (Lipinski definition) is 0. The Kier molecular flexibility index (Phi) is 2.38. The van der Waals surface area contributed by atoms with E-state index in [4.69, 9.17) is 0 Å². The molecule has 19 heavy (non-hydrogen) atoms. The lowest BCUT2D eigenvalue weighted by molar-refractivity contribution is 0.887. The van der Waals surface area contributed by atoms with Crippen LogP contribution in [-0.4, -0.2) is 0 Å². The summed E-state index contributed by atoms with van der Waals surface area (Å²) in [6.45, 7) is 2.19. The smallest absolute Gasteiger partial charge is 0.0146 e. The first-order valence-corrected chi connectivity index (χ1v) is 7.24. The monoisotopic (exact) mass is 246 g/mol. The lowest BCUT2D eigenvalue weighted by Crippen LogP contribution is -2.09. The Hall–Kier alpha value is -1.82. The Labute approximate surface area is 114 Å². The molecular weight excluding hydrogens is 228 g/mol. The van der Waals surface area contributed by atoms with Crippen molar-refractivity contribution in [2.75, 3.05) is 0 Å². The molecule has 2 aliphatic carbocycles. The molecule has 0 aliphatic heterocycles. The van der Waals surface area contributed by atoms with Crippen molar-refractivity contribution in [1.82, 2.24) is 0 Å². The Bertz CT molecular complexity index is 689. The van der Waals surface area contributed by atoms with Gasteiger partial charge in [-0.1, -0.05) is 48.0 Å². The summed E-state index contributed by atoms with van der Waals surface area (Å²) in [7, 11) is 0. The van der Waals surface area contributed by atoms with Gasteiger partial charge in [0.2, 0.25) is 0 Å². The van der Waals surface area contributed by atoms with Gasteiger partial charge in [0, 0.05) is 0 Å². The van der Waals surface area contributed by atoms with Crippen LogP contribution in [-0.2, 0) is 19.3 Å². The second-order valence-electron chi connectivity index (χ2n) is 5.76. The van der Waals surface area contributed by atoms with Gasteiger partial charge in [-0.25, -0.2) is 0 Å². The zero-order chi connectivity index (χ0) is 12.8. The van der Waals surface area contributed by atoms with Gasteiger partial charge in [-0.2, -0.15) is 0 Å². The van der Waals surface area contributed by atoms with Crippen molar-refractivity contribution in [3.63, 3.8) is 0 Å². The molecular formula is C19H18. The van der Waals surface area contributed by atoms with Crippen LogP contribution in [0.15, 0.2) is 36.4 Å². The highest BCUT2D eigenvalue weighted by Crippen LogP contribution is 2.38. The molecule has 0 nitrogen and oxygen atoms in total. The summed E-state index contributed by atoms with van der Waals surface area (Å²) < 4.78 is 0. The fourth-order valence-corrected chi connectivity index (χ4v) is 3.56. The minimum atomic E-state index is 1.20. The van der Waals surface area contributed by atoms with Crippen molar-refractivity contribution in [3.8, 4) is 11.1 Å². The first-order valence-electron chi connectivity index (χ1n) is 7.24. The molecule has 0 heteroatoms. The first kappa shape index (κ1) is 11.0. The molecule has 2 aromatic rings. The van der Waals surface area contributed by atoms with E-state index in [1.807, 2.05) is 0 Å². The second kappa shape index (κ2) is 4.09. The van der Waals surface area contributed by atoms with E-state index in [9.17, 15) is 0 Å². The van der Waals surface area contributed by atoms with Gasteiger partial charge in [-0.3, -0.25) is 0 Å². The summed E-state index contributed by atoms with van der Waals surface area (Å²) in [5.74, 6) is 0. The van der Waals surface area contributed by atoms with Crippen LogP contribution in [0.5, 0.6) is 0 Å². The molecule has 2 aromatic carbocycles. The van der Waals surface area contributed by atoms with Gasteiger partial charge in [0.25, 0.3) is 0 Å². The molecule has 0 bridgehead atoms. The van der Waals surface area contributed by atoms with Crippen LogP contribution < -0.4 is 0 Å². The number of aryl methyl sites for hydroxylation is 2. The molecule has 0 atom stereocenters. The zero-order valence-corrected chi connectivity index (χ0v) is 11.4. The molecule has 0 amide bonds. The van der Waals surface area contributed by atoms with Crippen molar-refractivity contribution in [2.45, 2.75) is 32.6 Å². The molecule has 0 unspecified atom stereocenters. The zero-order valence-electron chi connectivity index (χ0n) is 11.4. The van der Waals surface area contributed by atoms with Gasteiger partial charge >= 0.3 is 0 Å². The third-order valence-corrected chi connectivity index (χ3v) is 4.53. The third-order valence-electron chi connectivity index (χ3n) is 4.53. The Morgan fingerprint density at radius 2 is 1.79 bits per heavy atom. The minimum absolute atomic E-state index is 1.20. The quantitative estimate of drug-likeness (QED) is 0.631. The van der Waals surface area contributed by atoms with E-state index >= 15 is 0 Å². The number of rotatable bonds is 0. The third kappa shape index (κ3) is 1.67. The summed E-state index contributed by atoms with van der Waals surface area (Å²) in [4.78, 5) is 0. The topological polar surface area (TPSA) is 0 Å². The number of hydrogen-bond acceptors (Lipinski definition) is 0. The summed E-state index contributed by atoms with van der Waals surface area (Å²) >= 11 is 0. The highest BCUT2D eigenvalue weighted by Gasteiger charge is 2.20. The fourth-order valence-electron chi connectivity index (χ4n) is 3.56. The largest absolute Gasteiger partial charge is 0.0836 e. The molecule has 0 aromatic heterocycles. The molecule has 0 fully saturated rings. The second-order valence-corrected chi connectivity index (χ2v) is 5.76. The van der Waals surface area contributed by atoms with E-state index in [0.717, 1.165) is 0 Å². The van der Waals surface area contributed by atoms with E-state index in [1.54, 1.807) is 11.1 Å². The summed E-state index contributed by atoms with van der Waals surface area (Å²) in [6.07, 6.45) is 9.42. The fraction of sp³-hybridized carbons (Fsp3) is 0.263. The van der Waals surface area contributed by atoms with Crippen molar-refractivity contribution < 1.29 is 0 Å². The Morgan fingerprint density at radius 3 is 2.74 bits per heavy atom. The highest BCUT2D eigenvalue weighted by molar-refractivity contribution is 5.77. The highest BCUT2D eigenvalue weighted by atomic mass is 14.2. The van der Waals surface area contributed by atoms with E-state index in [1.165, 1.54) is 53.5 Å². The van der Waals surface area contributed by atoms with Crippen LogP contribution in [0.2, 0.25) is 0 Å². The van der Waals surface area contributed by atoms with E-state index in [-0.39, 0.29) is 0 Å². The Morgan fingerprint density at radius 1 is 0.842 bits per heavy atom. The van der Waals surface area contributed by atoms with E-state index < -0.39 is 0 Å². The molecule has 2 aliphatic rings. The van der Waals surface area contributed by atoms with Crippen molar-refractivity contribution in [2.24, 2.45) is 0 Å². The van der Waals surface area contributed by atoms with Crippen LogP contribution in [0, 0.1) is 6.92 Å². The molecule has 0 radical (unpaired) electrons. The molecule has 0 saturated carbocycles. The molecule has 0 N–H and O–H groups in total. The maximum absolute atomic E-state index is 2.36. The lowest BCUT2D eigenvalue weighted by atomic mass is 9.79. The number of fused-ring (bicyclic) bond motifs is 5. The normalized spacial score (nSPS) is 15.6. The average molecular weight is 246 g/mol. The van der Waals surface area contributed by atoms with Gasteiger partial charge in [0.15, 0.2) is 0 Å². The van der Waals surface area contributed by atoms with Crippen LogP contribution in [0.25, 0.3) is 17.2 Å². The predicted octanol–water partition coefficient (Wildman–Crippen LogP) is 4.72. The SMILES string of the molecule is Cc1ccc2c(c1)-c1ccc3c(c1CC2)CCC=C3. The van der Waals surface area contributed by atoms with Crippen LogP contribution in [0.1, 0.15) is 34.2 Å². The van der Waals surface area contributed by atoms with Gasteiger partial charge in [0.05, 0.1) is 0 Å². The maximum Gasteiger partial charge on any atom is -0.0146 e. The summed E-state index contributed by atoms with van der Waals surface area (Å²) in [5.41, 5.74) is 10.5. The standard InChI is InChI=1S/C19H18/c1-13-6-7-15-9-10-17-16-5-3-2-4-14(16)8-11-18(17)19(15)12-13/h2,4,6-8,11-12H,3,5,9-10H2,1H3. The van der Waals surface area contributed by atoms with Gasteiger partial charge < -0.3 is 0 Å². The van der Waals surface area contributed by atoms with Crippen LogP contribution >= 0.6 is 0 Å². The average Bonchev–Trinajstić information content (AvgIpc) is 2.46. The molecule has 0 heterocycles. The lowest BCUT2D eigenvalue weighted by Gasteiger charge is -2.25. The Balaban J connectivity index is 1.98. The molecule has 94 valence electrons. The molecule has 4 rings (SSSR count). The van der Waals surface area contributed by atoms with E-state index in [0.29, 0.717) is 0 Å². The maximum atomic E-state index is 2.36. The van der Waals surface area contributed by atoms with Gasteiger partial charge in [0.1, 0.15) is 0 Å². The summed E-state index contributed by atoms with van der Waals surface area (Å²) in [6, 6.07) is 11.6. The molecule has 0 saturated heterocycles. The number of allylic oxidation sites excluding steroid dienone is 1. The van der Waals surface area contributed by atoms with E-state index in [2.05, 4.69) is 49.4 Å². The minimum Gasteiger partial charge on any atom is -0.0836 e. The number of benzene rings is 2. The van der Waals surface area contributed by atoms with Gasteiger partial charge in [-0.05, 0) is 66.0 Å². The summed E-state index contributed by atoms with van der Waals surface area (Å²) in [5, 5.41) is 0. The van der Waals surface area contributed by atoms with Crippen molar-refractivity contribution in [1.29, 1.82) is 0 Å². The first-order chi connectivity index (χ1) is 9.33. The molecule has 0 spiro atoms.